The highest BCUT2D eigenvalue weighted by molar-refractivity contribution is 7.21. The molecular formula is C30H32Cl2N2O2S. The first-order chi connectivity index (χ1) is 18.0. The zero-order chi connectivity index (χ0) is 25.9. The van der Waals surface area contributed by atoms with Gasteiger partial charge in [0.25, 0.3) is 5.91 Å². The molecule has 1 saturated carbocycles. The van der Waals surface area contributed by atoms with Crippen LogP contribution in [0, 0.1) is 0 Å². The minimum Gasteiger partial charge on any atom is -0.496 e. The van der Waals surface area contributed by atoms with Gasteiger partial charge in [0, 0.05) is 39.3 Å². The van der Waals surface area contributed by atoms with Crippen LogP contribution < -0.4 is 10.1 Å². The van der Waals surface area contributed by atoms with E-state index in [-0.39, 0.29) is 11.9 Å². The van der Waals surface area contributed by atoms with E-state index < -0.39 is 0 Å². The number of fused-ring (bicyclic) bond motifs is 1. The van der Waals surface area contributed by atoms with Gasteiger partial charge in [0.2, 0.25) is 0 Å². The molecule has 0 spiro atoms. The van der Waals surface area contributed by atoms with Gasteiger partial charge in [-0.2, -0.15) is 0 Å². The van der Waals surface area contributed by atoms with Gasteiger partial charge in [-0.15, -0.1) is 11.3 Å². The van der Waals surface area contributed by atoms with E-state index in [0.29, 0.717) is 22.5 Å². The Bertz CT molecular complexity index is 1350. The highest BCUT2D eigenvalue weighted by atomic mass is 35.5. The summed E-state index contributed by atoms with van der Waals surface area (Å²) < 4.78 is 6.79. The van der Waals surface area contributed by atoms with Crippen molar-refractivity contribution in [3.8, 4) is 5.75 Å². The van der Waals surface area contributed by atoms with Crippen molar-refractivity contribution < 1.29 is 9.53 Å². The first-order valence-corrected chi connectivity index (χ1v) is 14.4. The van der Waals surface area contributed by atoms with Gasteiger partial charge in [-0.3, -0.25) is 4.79 Å². The molecule has 2 aromatic carbocycles. The number of allylic oxidation sites excluding steroid dienone is 4. The normalized spacial score (nSPS) is 19.9. The Hall–Kier alpha value is -2.31. The van der Waals surface area contributed by atoms with Crippen LogP contribution in [0.5, 0.6) is 5.75 Å². The van der Waals surface area contributed by atoms with Crippen LogP contribution in [0.1, 0.15) is 59.3 Å². The van der Waals surface area contributed by atoms with E-state index in [1.165, 1.54) is 16.9 Å². The minimum absolute atomic E-state index is 0.00170. The summed E-state index contributed by atoms with van der Waals surface area (Å²) in [6, 6.07) is 14.9. The van der Waals surface area contributed by atoms with E-state index in [0.717, 1.165) is 70.5 Å². The second-order valence-corrected chi connectivity index (χ2v) is 11.7. The molecule has 0 saturated heterocycles. The lowest BCUT2D eigenvalue weighted by molar-refractivity contribution is 0.0604. The van der Waals surface area contributed by atoms with Crippen LogP contribution in [0.3, 0.4) is 0 Å². The van der Waals surface area contributed by atoms with Gasteiger partial charge in [0.1, 0.15) is 10.6 Å². The highest BCUT2D eigenvalue weighted by Crippen LogP contribution is 2.38. The van der Waals surface area contributed by atoms with Gasteiger partial charge < -0.3 is 15.0 Å². The van der Waals surface area contributed by atoms with Crippen LogP contribution in [0.2, 0.25) is 5.02 Å². The number of carbonyl (C=O) groups is 1. The fraction of sp³-hybridized carbons (Fsp3) is 0.367. The molecule has 4 nitrogen and oxygen atoms in total. The highest BCUT2D eigenvalue weighted by Gasteiger charge is 2.32. The number of carbonyl (C=O) groups excluding carboxylic acids is 1. The van der Waals surface area contributed by atoms with E-state index in [1.807, 2.05) is 48.4 Å². The molecule has 1 aromatic heterocycles. The van der Waals surface area contributed by atoms with E-state index in [2.05, 4.69) is 23.5 Å². The molecule has 1 N–H and O–H groups in total. The molecule has 37 heavy (non-hydrogen) atoms. The summed E-state index contributed by atoms with van der Waals surface area (Å²) in [4.78, 5) is 16.8. The Morgan fingerprint density at radius 3 is 2.54 bits per heavy atom. The third-order valence-corrected chi connectivity index (χ3v) is 9.60. The number of halogens is 2. The molecule has 1 heterocycles. The first-order valence-electron chi connectivity index (χ1n) is 12.9. The summed E-state index contributed by atoms with van der Waals surface area (Å²) in [7, 11) is 3.71. The van der Waals surface area contributed by atoms with Crippen molar-refractivity contribution in [1.29, 1.82) is 0 Å². The van der Waals surface area contributed by atoms with E-state index >= 15 is 0 Å². The van der Waals surface area contributed by atoms with Gasteiger partial charge in [0.05, 0.1) is 12.1 Å². The van der Waals surface area contributed by atoms with E-state index in [1.54, 1.807) is 7.11 Å². The molecule has 1 fully saturated rings. The summed E-state index contributed by atoms with van der Waals surface area (Å²) in [5, 5.41) is 5.77. The van der Waals surface area contributed by atoms with Crippen LogP contribution in [0.15, 0.2) is 59.6 Å². The molecule has 0 aliphatic heterocycles. The molecule has 194 valence electrons. The third kappa shape index (κ3) is 5.61. The number of thiophene rings is 1. The smallest absolute Gasteiger partial charge is 0.266 e. The zero-order valence-corrected chi connectivity index (χ0v) is 23.6. The minimum atomic E-state index is -0.00170. The zero-order valence-electron chi connectivity index (χ0n) is 21.2. The van der Waals surface area contributed by atoms with Crippen molar-refractivity contribution in [3.63, 3.8) is 0 Å². The Balaban J connectivity index is 1.51. The monoisotopic (exact) mass is 554 g/mol. The fourth-order valence-electron chi connectivity index (χ4n) is 5.46. The molecule has 1 amide bonds. The van der Waals surface area contributed by atoms with Crippen LogP contribution in [-0.4, -0.2) is 37.0 Å². The number of rotatable bonds is 7. The maximum atomic E-state index is 14.2. The molecular weight excluding hydrogens is 523 g/mol. The molecule has 2 aliphatic carbocycles. The van der Waals surface area contributed by atoms with Crippen LogP contribution >= 0.6 is 34.5 Å². The fourth-order valence-corrected chi connectivity index (χ4v) is 7.09. The molecule has 5 rings (SSSR count). The van der Waals surface area contributed by atoms with Gasteiger partial charge in [0.15, 0.2) is 0 Å². The predicted molar refractivity (Wildman–Crippen MR) is 156 cm³/mol. The molecule has 0 atom stereocenters. The number of nitrogens with zero attached hydrogens (tertiary/aromatic N) is 1. The molecule has 0 radical (unpaired) electrons. The predicted octanol–water partition coefficient (Wildman–Crippen LogP) is 8.04. The third-order valence-electron chi connectivity index (χ3n) is 7.63. The summed E-state index contributed by atoms with van der Waals surface area (Å²) in [6.07, 6.45) is 9.81. The number of ether oxygens (including phenoxy) is 1. The molecule has 3 aromatic rings. The quantitative estimate of drug-likeness (QED) is 0.321. The number of hydrogen-bond donors (Lipinski definition) is 1. The first kappa shape index (κ1) is 26.3. The lowest BCUT2D eigenvalue weighted by Gasteiger charge is -2.37. The lowest BCUT2D eigenvalue weighted by Crippen LogP contribution is -2.44. The van der Waals surface area contributed by atoms with Crippen molar-refractivity contribution in [3.05, 3.63) is 80.7 Å². The summed E-state index contributed by atoms with van der Waals surface area (Å²) in [5.74, 6) is 0.788. The summed E-state index contributed by atoms with van der Waals surface area (Å²) in [6.45, 7) is 0.471. The number of benzene rings is 2. The Labute approximate surface area is 232 Å². The van der Waals surface area contributed by atoms with Crippen LogP contribution in [0.25, 0.3) is 15.7 Å². The molecule has 2 aliphatic rings. The molecule has 7 heteroatoms. The van der Waals surface area contributed by atoms with Gasteiger partial charge in [-0.05, 0) is 81.0 Å². The second kappa shape index (κ2) is 11.6. The van der Waals surface area contributed by atoms with Crippen molar-refractivity contribution in [2.24, 2.45) is 0 Å². The number of amides is 1. The lowest BCUT2D eigenvalue weighted by atomic mass is 9.89. The van der Waals surface area contributed by atoms with Crippen molar-refractivity contribution >= 4 is 56.1 Å². The SMILES string of the molecule is CNC1CCC(N(Cc2cc(C3=CC=C(Cl)CC3)ccc2OC)C(=O)c2sc3ccccc3c2Cl)CC1. The van der Waals surface area contributed by atoms with Crippen LogP contribution in [-0.2, 0) is 6.54 Å². The van der Waals surface area contributed by atoms with Gasteiger partial charge in [-0.25, -0.2) is 0 Å². The van der Waals surface area contributed by atoms with E-state index in [9.17, 15) is 4.79 Å². The molecule has 0 unspecified atom stereocenters. The largest absolute Gasteiger partial charge is 0.496 e. The maximum Gasteiger partial charge on any atom is 0.266 e. The topological polar surface area (TPSA) is 41.6 Å². The summed E-state index contributed by atoms with van der Waals surface area (Å²) in [5.41, 5.74) is 3.39. The Morgan fingerprint density at radius 2 is 1.86 bits per heavy atom. The Kier molecular flexibility index (Phi) is 8.25. The summed E-state index contributed by atoms with van der Waals surface area (Å²) >= 11 is 14.5. The average Bonchev–Trinajstić information content (AvgIpc) is 3.28. The molecule has 0 bridgehead atoms. The van der Waals surface area contributed by atoms with Crippen molar-refractivity contribution in [2.75, 3.05) is 14.2 Å². The van der Waals surface area contributed by atoms with Gasteiger partial charge in [-0.1, -0.05) is 53.5 Å². The van der Waals surface area contributed by atoms with Gasteiger partial charge >= 0.3 is 0 Å². The standard InChI is InChI=1S/C30H32Cl2N2O2S/c1-33-23-12-14-24(15-13-23)34(30(35)29-28(32)25-5-3-4-6-27(25)37-29)18-21-17-20(9-16-26(21)36-2)19-7-10-22(31)11-8-19/h3-7,9-10,16-17,23-24,33H,8,11-15,18H2,1-2H3. The second-order valence-electron chi connectivity index (χ2n) is 9.80. The van der Waals surface area contributed by atoms with Crippen LogP contribution in [0.4, 0.5) is 0 Å². The van der Waals surface area contributed by atoms with E-state index in [4.69, 9.17) is 27.9 Å². The number of methoxy groups -OCH3 is 1. The number of nitrogens with one attached hydrogen (secondary N) is 1. The van der Waals surface area contributed by atoms with Crippen molar-refractivity contribution in [1.82, 2.24) is 10.2 Å². The maximum absolute atomic E-state index is 14.2. The number of hydrogen-bond acceptors (Lipinski definition) is 4. The average molecular weight is 556 g/mol. The van der Waals surface area contributed by atoms with Crippen molar-refractivity contribution in [2.45, 2.75) is 57.2 Å². The Morgan fingerprint density at radius 1 is 1.08 bits per heavy atom.